The van der Waals surface area contributed by atoms with Crippen LogP contribution in [-0.4, -0.2) is 25.7 Å². The minimum Gasteiger partial charge on any atom is -0.341 e. The highest BCUT2D eigenvalue weighted by molar-refractivity contribution is 7.80. The van der Waals surface area contributed by atoms with Crippen LogP contribution in [0.1, 0.15) is 12.1 Å². The predicted octanol–water partition coefficient (Wildman–Crippen LogP) is 1.02. The highest BCUT2D eigenvalue weighted by Gasteiger charge is 2.01. The average Bonchev–Trinajstić information content (AvgIpc) is 2.67. The molecular formula is C9H8N4S. The zero-order valence-corrected chi connectivity index (χ0v) is 8.25. The molecule has 0 bridgehead atoms. The molecule has 2 aromatic heterocycles. The smallest absolute Gasteiger partial charge is 0.181 e. The Balaban J connectivity index is 2.43. The maximum atomic E-state index is 4.07. The topological polar surface area (TPSA) is 54.5 Å². The minimum atomic E-state index is 0.648. The van der Waals surface area contributed by atoms with Crippen molar-refractivity contribution in [1.29, 1.82) is 0 Å². The van der Waals surface area contributed by atoms with Gasteiger partial charge >= 0.3 is 0 Å². The van der Waals surface area contributed by atoms with Crippen molar-refractivity contribution in [3.63, 3.8) is 0 Å². The monoisotopic (exact) mass is 204 g/mol. The van der Waals surface area contributed by atoms with E-state index >= 15 is 0 Å². The molecule has 1 N–H and O–H groups in total. The first-order valence-electron chi connectivity index (χ1n) is 4.15. The number of hydrogen-bond donors (Lipinski definition) is 2. The number of hydrogen-bond acceptors (Lipinski definition) is 4. The van der Waals surface area contributed by atoms with Crippen molar-refractivity contribution in [1.82, 2.24) is 19.9 Å². The molecule has 0 aliphatic rings. The molecule has 14 heavy (non-hydrogen) atoms. The number of nitrogens with zero attached hydrogens (tertiary/aromatic N) is 3. The van der Waals surface area contributed by atoms with Gasteiger partial charge in [-0.25, -0.2) is 15.0 Å². The lowest BCUT2D eigenvalue weighted by atomic mass is 10.3. The van der Waals surface area contributed by atoms with Gasteiger partial charge < -0.3 is 4.98 Å². The third-order valence-electron chi connectivity index (χ3n) is 1.67. The lowest BCUT2D eigenvalue weighted by Crippen LogP contribution is -1.87. The number of H-pyrrole nitrogens is 1. The summed E-state index contributed by atoms with van der Waals surface area (Å²) in [4.78, 5) is 15.0. The molecule has 0 spiro atoms. The van der Waals surface area contributed by atoms with Crippen molar-refractivity contribution in [2.45, 2.75) is 6.42 Å². The fourth-order valence-corrected chi connectivity index (χ4v) is 1.17. The van der Waals surface area contributed by atoms with Gasteiger partial charge in [0, 0.05) is 12.2 Å². The lowest BCUT2D eigenvalue weighted by Gasteiger charge is -1.89. The van der Waals surface area contributed by atoms with Crippen molar-refractivity contribution in [2.24, 2.45) is 0 Å². The third kappa shape index (κ3) is 1.70. The molecule has 0 fully saturated rings. The summed E-state index contributed by atoms with van der Waals surface area (Å²) in [5.74, 6) is 6.68. The zero-order valence-electron chi connectivity index (χ0n) is 7.36. The number of imidazole rings is 1. The van der Waals surface area contributed by atoms with E-state index in [-0.39, 0.29) is 0 Å². The Morgan fingerprint density at radius 3 is 3.14 bits per heavy atom. The van der Waals surface area contributed by atoms with Gasteiger partial charge in [-0.15, -0.1) is 0 Å². The number of thiol groups is 1. The second-order valence-corrected chi connectivity index (χ2v) is 3.05. The average molecular weight is 204 g/mol. The van der Waals surface area contributed by atoms with E-state index in [9.17, 15) is 0 Å². The molecule has 0 atom stereocenters. The van der Waals surface area contributed by atoms with Crippen LogP contribution in [0.4, 0.5) is 0 Å². The summed E-state index contributed by atoms with van der Waals surface area (Å²) < 4.78 is 0. The van der Waals surface area contributed by atoms with Crippen LogP contribution in [0.2, 0.25) is 0 Å². The highest BCUT2D eigenvalue weighted by Crippen LogP contribution is 2.07. The first-order chi connectivity index (χ1) is 6.92. The molecule has 0 aliphatic carbocycles. The normalized spacial score (nSPS) is 9.79. The Morgan fingerprint density at radius 2 is 2.29 bits per heavy atom. The summed E-state index contributed by atoms with van der Waals surface area (Å²) in [6.07, 6.45) is 3.81. The third-order valence-corrected chi connectivity index (χ3v) is 1.89. The van der Waals surface area contributed by atoms with Gasteiger partial charge in [-0.2, -0.15) is 12.6 Å². The Morgan fingerprint density at radius 1 is 1.36 bits per heavy atom. The minimum absolute atomic E-state index is 0.648. The SMILES string of the molecule is SCCC#Cc1ncnc2nc[nH]c12. The lowest BCUT2D eigenvalue weighted by molar-refractivity contribution is 1.18. The molecule has 5 heteroatoms. The number of aromatic amines is 1. The van der Waals surface area contributed by atoms with E-state index in [4.69, 9.17) is 0 Å². The summed E-state index contributed by atoms with van der Waals surface area (Å²) in [5, 5.41) is 0. The standard InChI is InChI=1S/C9H8N4S/c14-4-2-1-3-7-8-9(12-5-10-7)13-6-11-8/h5-6,14H,2,4H2,(H,10,11,12,13). The molecule has 2 rings (SSSR count). The van der Waals surface area contributed by atoms with Gasteiger partial charge in [0.05, 0.1) is 6.33 Å². The van der Waals surface area contributed by atoms with Gasteiger partial charge in [0.2, 0.25) is 0 Å². The molecule has 0 saturated heterocycles. The van der Waals surface area contributed by atoms with Gasteiger partial charge in [0.25, 0.3) is 0 Å². The molecule has 2 heterocycles. The summed E-state index contributed by atoms with van der Waals surface area (Å²) in [6, 6.07) is 0. The first-order valence-corrected chi connectivity index (χ1v) is 4.79. The van der Waals surface area contributed by atoms with Gasteiger partial charge in [-0.05, 0) is 5.92 Å². The van der Waals surface area contributed by atoms with Crippen LogP contribution in [0.5, 0.6) is 0 Å². The zero-order chi connectivity index (χ0) is 9.80. The van der Waals surface area contributed by atoms with Gasteiger partial charge in [-0.1, -0.05) is 5.92 Å². The molecule has 70 valence electrons. The molecule has 2 aromatic rings. The van der Waals surface area contributed by atoms with E-state index < -0.39 is 0 Å². The predicted molar refractivity (Wildman–Crippen MR) is 57.0 cm³/mol. The van der Waals surface area contributed by atoms with Crippen LogP contribution in [-0.2, 0) is 0 Å². The molecular weight excluding hydrogens is 196 g/mol. The second-order valence-electron chi connectivity index (χ2n) is 2.60. The van der Waals surface area contributed by atoms with Crippen LogP contribution in [0.15, 0.2) is 12.7 Å². The number of aromatic nitrogens is 4. The first kappa shape index (κ1) is 9.03. The Kier molecular flexibility index (Phi) is 2.65. The van der Waals surface area contributed by atoms with Crippen LogP contribution in [0.25, 0.3) is 11.2 Å². The van der Waals surface area contributed by atoms with E-state index in [0.717, 1.165) is 17.7 Å². The molecule has 0 aliphatic heterocycles. The summed E-state index contributed by atoms with van der Waals surface area (Å²) in [5.41, 5.74) is 2.13. The van der Waals surface area contributed by atoms with Crippen molar-refractivity contribution < 1.29 is 0 Å². The van der Waals surface area contributed by atoms with Crippen LogP contribution in [0, 0.1) is 11.8 Å². The summed E-state index contributed by atoms with van der Waals surface area (Å²) >= 11 is 4.07. The maximum Gasteiger partial charge on any atom is 0.181 e. The molecule has 0 saturated carbocycles. The van der Waals surface area contributed by atoms with Crippen molar-refractivity contribution >= 4 is 23.8 Å². The van der Waals surface area contributed by atoms with Crippen LogP contribution >= 0.6 is 12.6 Å². The maximum absolute atomic E-state index is 4.07. The van der Waals surface area contributed by atoms with Crippen LogP contribution in [0.3, 0.4) is 0 Å². The Hall–Kier alpha value is -1.54. The molecule has 0 unspecified atom stereocenters. The molecule has 4 nitrogen and oxygen atoms in total. The van der Waals surface area contributed by atoms with E-state index in [0.29, 0.717) is 11.3 Å². The van der Waals surface area contributed by atoms with E-state index in [1.165, 1.54) is 6.33 Å². The van der Waals surface area contributed by atoms with Crippen molar-refractivity contribution in [3.05, 3.63) is 18.3 Å². The fourth-order valence-electron chi connectivity index (χ4n) is 1.06. The Bertz CT molecular complexity index is 494. The van der Waals surface area contributed by atoms with Crippen molar-refractivity contribution in [2.75, 3.05) is 5.75 Å². The second kappa shape index (κ2) is 4.11. The van der Waals surface area contributed by atoms with Gasteiger partial charge in [0.1, 0.15) is 17.5 Å². The van der Waals surface area contributed by atoms with Gasteiger partial charge in [-0.3, -0.25) is 0 Å². The summed E-state index contributed by atoms with van der Waals surface area (Å²) in [7, 11) is 0. The largest absolute Gasteiger partial charge is 0.341 e. The van der Waals surface area contributed by atoms with Gasteiger partial charge in [0.15, 0.2) is 5.65 Å². The molecule has 0 aromatic carbocycles. The number of nitrogens with one attached hydrogen (secondary N) is 1. The Labute approximate surface area is 86.6 Å². The van der Waals surface area contributed by atoms with E-state index in [1.807, 2.05) is 0 Å². The number of rotatable bonds is 1. The van der Waals surface area contributed by atoms with E-state index in [2.05, 4.69) is 44.4 Å². The quantitative estimate of drug-likeness (QED) is 0.538. The van der Waals surface area contributed by atoms with Crippen molar-refractivity contribution in [3.8, 4) is 11.8 Å². The highest BCUT2D eigenvalue weighted by atomic mass is 32.1. The van der Waals surface area contributed by atoms with Crippen LogP contribution < -0.4 is 0 Å². The molecule has 0 radical (unpaired) electrons. The van der Waals surface area contributed by atoms with E-state index in [1.54, 1.807) is 6.33 Å². The number of fused-ring (bicyclic) bond motifs is 1. The molecule has 0 amide bonds. The fraction of sp³-hybridized carbons (Fsp3) is 0.222. The summed E-state index contributed by atoms with van der Waals surface area (Å²) in [6.45, 7) is 0.